The second kappa shape index (κ2) is 7.99. The quantitative estimate of drug-likeness (QED) is 0.804. The molecule has 1 aliphatic carbocycles. The molecule has 0 spiro atoms. The fraction of sp³-hybridized carbons (Fsp3) is 0.400. The van der Waals surface area contributed by atoms with Gasteiger partial charge in [-0.05, 0) is 48.6 Å². The number of benzene rings is 2. The highest BCUT2D eigenvalue weighted by Gasteiger charge is 2.19. The van der Waals surface area contributed by atoms with E-state index in [1.54, 1.807) is 37.4 Å². The fourth-order valence-electron chi connectivity index (χ4n) is 3.44. The third-order valence-corrected chi connectivity index (χ3v) is 6.30. The lowest BCUT2D eigenvalue weighted by molar-refractivity contribution is 0.395. The first-order chi connectivity index (χ1) is 12.5. The van der Waals surface area contributed by atoms with Gasteiger partial charge in [0.2, 0.25) is 0 Å². The van der Waals surface area contributed by atoms with Crippen molar-refractivity contribution in [2.24, 2.45) is 0 Å². The van der Waals surface area contributed by atoms with Gasteiger partial charge in [0.1, 0.15) is 11.5 Å². The van der Waals surface area contributed by atoms with Gasteiger partial charge < -0.3 is 9.47 Å². The van der Waals surface area contributed by atoms with E-state index in [9.17, 15) is 8.42 Å². The number of hydrogen-bond donors (Lipinski definition) is 1. The van der Waals surface area contributed by atoms with E-state index in [1.807, 2.05) is 12.1 Å². The molecule has 2 aromatic rings. The molecule has 0 radical (unpaired) electrons. The van der Waals surface area contributed by atoms with Crippen LogP contribution in [0, 0.1) is 0 Å². The van der Waals surface area contributed by atoms with Crippen LogP contribution in [0.25, 0.3) is 0 Å². The molecule has 0 bridgehead atoms. The molecule has 0 aromatic heterocycles. The number of ether oxygens (including phenoxy) is 2. The lowest BCUT2D eigenvalue weighted by Gasteiger charge is -2.22. The SMILES string of the molecule is COc1ccc(NS(=O)(=O)c2ccc(C3CCCCC3)cc2)c(OC)c1. The number of methoxy groups -OCH3 is 2. The summed E-state index contributed by atoms with van der Waals surface area (Å²) in [6.45, 7) is 0. The van der Waals surface area contributed by atoms with Gasteiger partial charge in [0.05, 0.1) is 24.8 Å². The van der Waals surface area contributed by atoms with Gasteiger partial charge in [0.25, 0.3) is 10.0 Å². The van der Waals surface area contributed by atoms with Crippen LogP contribution in [-0.4, -0.2) is 22.6 Å². The van der Waals surface area contributed by atoms with Crippen molar-refractivity contribution in [2.75, 3.05) is 18.9 Å². The molecule has 140 valence electrons. The summed E-state index contributed by atoms with van der Waals surface area (Å²) in [5, 5.41) is 0. The maximum absolute atomic E-state index is 12.7. The van der Waals surface area contributed by atoms with Crippen molar-refractivity contribution in [2.45, 2.75) is 42.9 Å². The first-order valence-electron chi connectivity index (χ1n) is 8.88. The van der Waals surface area contributed by atoms with Crippen LogP contribution in [0.1, 0.15) is 43.6 Å². The Kier molecular flexibility index (Phi) is 5.71. The molecule has 0 aliphatic heterocycles. The summed E-state index contributed by atoms with van der Waals surface area (Å²) in [6, 6.07) is 12.2. The van der Waals surface area contributed by atoms with E-state index in [0.29, 0.717) is 23.1 Å². The van der Waals surface area contributed by atoms with Crippen LogP contribution < -0.4 is 14.2 Å². The number of sulfonamides is 1. The second-order valence-electron chi connectivity index (χ2n) is 6.58. The van der Waals surface area contributed by atoms with Gasteiger partial charge in [0, 0.05) is 6.07 Å². The summed E-state index contributed by atoms with van der Waals surface area (Å²) in [4.78, 5) is 0.245. The highest BCUT2D eigenvalue weighted by molar-refractivity contribution is 7.92. The van der Waals surface area contributed by atoms with Crippen LogP contribution >= 0.6 is 0 Å². The summed E-state index contributed by atoms with van der Waals surface area (Å²) in [7, 11) is -0.644. The number of anilines is 1. The Labute approximate surface area is 155 Å². The maximum atomic E-state index is 12.7. The Hall–Kier alpha value is -2.21. The van der Waals surface area contributed by atoms with Crippen LogP contribution in [0.4, 0.5) is 5.69 Å². The first kappa shape index (κ1) is 18.6. The van der Waals surface area contributed by atoms with E-state index < -0.39 is 10.0 Å². The molecule has 1 N–H and O–H groups in total. The molecular formula is C20H25NO4S. The Bertz CT molecular complexity index is 841. The van der Waals surface area contributed by atoms with E-state index in [0.717, 1.165) is 0 Å². The zero-order valence-corrected chi connectivity index (χ0v) is 16.0. The van der Waals surface area contributed by atoms with Gasteiger partial charge in [-0.1, -0.05) is 31.4 Å². The molecule has 2 aromatic carbocycles. The maximum Gasteiger partial charge on any atom is 0.262 e. The fourth-order valence-corrected chi connectivity index (χ4v) is 4.51. The van der Waals surface area contributed by atoms with E-state index in [-0.39, 0.29) is 4.90 Å². The largest absolute Gasteiger partial charge is 0.497 e. The first-order valence-corrected chi connectivity index (χ1v) is 10.4. The zero-order valence-electron chi connectivity index (χ0n) is 15.2. The monoisotopic (exact) mass is 375 g/mol. The van der Waals surface area contributed by atoms with Crippen LogP contribution in [-0.2, 0) is 10.0 Å². The van der Waals surface area contributed by atoms with Crippen molar-refractivity contribution in [3.8, 4) is 11.5 Å². The van der Waals surface area contributed by atoms with Gasteiger partial charge in [-0.2, -0.15) is 0 Å². The van der Waals surface area contributed by atoms with Crippen molar-refractivity contribution in [1.82, 2.24) is 0 Å². The van der Waals surface area contributed by atoms with Gasteiger partial charge in [-0.25, -0.2) is 8.42 Å². The summed E-state index contributed by atoms with van der Waals surface area (Å²) in [5.41, 5.74) is 1.61. The molecule has 0 unspecified atom stereocenters. The Morgan fingerprint density at radius 1 is 0.923 bits per heavy atom. The molecule has 6 heteroatoms. The van der Waals surface area contributed by atoms with Crippen molar-refractivity contribution in [3.63, 3.8) is 0 Å². The minimum atomic E-state index is -3.68. The van der Waals surface area contributed by atoms with Gasteiger partial charge >= 0.3 is 0 Å². The molecule has 1 saturated carbocycles. The summed E-state index contributed by atoms with van der Waals surface area (Å²) in [6.07, 6.45) is 6.18. The topological polar surface area (TPSA) is 64.6 Å². The number of rotatable bonds is 6. The van der Waals surface area contributed by atoms with Crippen molar-refractivity contribution >= 4 is 15.7 Å². The molecule has 1 fully saturated rings. The lowest BCUT2D eigenvalue weighted by Crippen LogP contribution is -2.14. The number of nitrogens with one attached hydrogen (secondary N) is 1. The highest BCUT2D eigenvalue weighted by Crippen LogP contribution is 2.34. The smallest absolute Gasteiger partial charge is 0.262 e. The summed E-state index contributed by atoms with van der Waals surface area (Å²) in [5.74, 6) is 1.56. The number of hydrogen-bond acceptors (Lipinski definition) is 4. The van der Waals surface area contributed by atoms with Gasteiger partial charge in [0.15, 0.2) is 0 Å². The normalized spacial score (nSPS) is 15.5. The van der Waals surface area contributed by atoms with E-state index in [1.165, 1.54) is 44.8 Å². The minimum Gasteiger partial charge on any atom is -0.497 e. The highest BCUT2D eigenvalue weighted by atomic mass is 32.2. The average Bonchev–Trinajstić information content (AvgIpc) is 2.69. The zero-order chi connectivity index (χ0) is 18.6. The average molecular weight is 375 g/mol. The molecule has 5 nitrogen and oxygen atoms in total. The van der Waals surface area contributed by atoms with Gasteiger partial charge in [-0.15, -0.1) is 0 Å². The predicted molar refractivity (Wildman–Crippen MR) is 103 cm³/mol. The third kappa shape index (κ3) is 4.12. The molecule has 0 atom stereocenters. The summed E-state index contributed by atoms with van der Waals surface area (Å²) >= 11 is 0. The van der Waals surface area contributed by atoms with Crippen molar-refractivity contribution in [3.05, 3.63) is 48.0 Å². The molecule has 0 saturated heterocycles. The Morgan fingerprint density at radius 3 is 2.23 bits per heavy atom. The van der Waals surface area contributed by atoms with Crippen LogP contribution in [0.2, 0.25) is 0 Å². The van der Waals surface area contributed by atoms with Crippen LogP contribution in [0.15, 0.2) is 47.4 Å². The van der Waals surface area contributed by atoms with Gasteiger partial charge in [-0.3, -0.25) is 4.72 Å². The van der Waals surface area contributed by atoms with E-state index in [2.05, 4.69) is 4.72 Å². The Morgan fingerprint density at radius 2 is 1.62 bits per heavy atom. The van der Waals surface area contributed by atoms with E-state index in [4.69, 9.17) is 9.47 Å². The molecule has 26 heavy (non-hydrogen) atoms. The third-order valence-electron chi connectivity index (χ3n) is 4.92. The van der Waals surface area contributed by atoms with Crippen molar-refractivity contribution < 1.29 is 17.9 Å². The van der Waals surface area contributed by atoms with Crippen LogP contribution in [0.3, 0.4) is 0 Å². The predicted octanol–water partition coefficient (Wildman–Crippen LogP) is 4.55. The second-order valence-corrected chi connectivity index (χ2v) is 8.26. The molecule has 1 aliphatic rings. The molecule has 0 amide bonds. The van der Waals surface area contributed by atoms with E-state index >= 15 is 0 Å². The molecular weight excluding hydrogens is 350 g/mol. The summed E-state index contributed by atoms with van der Waals surface area (Å²) < 4.78 is 38.4. The standard InChI is InChI=1S/C20H25NO4S/c1-24-17-10-13-19(20(14-17)25-2)21-26(22,23)18-11-8-16(9-12-18)15-6-4-3-5-7-15/h8-15,21H,3-7H2,1-2H3. The molecule has 3 rings (SSSR count). The minimum absolute atomic E-state index is 0.245. The Balaban J connectivity index is 1.80. The molecule has 0 heterocycles. The lowest BCUT2D eigenvalue weighted by atomic mass is 9.84. The van der Waals surface area contributed by atoms with Crippen LogP contribution in [0.5, 0.6) is 11.5 Å². The van der Waals surface area contributed by atoms with Crippen molar-refractivity contribution in [1.29, 1.82) is 0 Å².